The van der Waals surface area contributed by atoms with Crippen LogP contribution in [0.2, 0.25) is 0 Å². The number of hydrogen-bond acceptors (Lipinski definition) is 2. The van der Waals surface area contributed by atoms with Crippen molar-refractivity contribution in [1.29, 1.82) is 0 Å². The molecule has 2 aliphatic heterocycles. The maximum atomic E-state index is 13.0. The van der Waals surface area contributed by atoms with Gasteiger partial charge in [-0.25, -0.2) is 0 Å². The van der Waals surface area contributed by atoms with Crippen molar-refractivity contribution in [2.75, 3.05) is 19.6 Å². The SMILES string of the molecule is Cc1[nH]c2c(C(=O)N3C[C@@H]4CCCN[C@@H]4C3)cccc2c1C.Cl. The third kappa shape index (κ3) is 2.64. The molecule has 3 heterocycles. The zero-order valence-electron chi connectivity index (χ0n) is 13.7. The van der Waals surface area contributed by atoms with E-state index >= 15 is 0 Å². The Hall–Kier alpha value is -1.52. The summed E-state index contributed by atoms with van der Waals surface area (Å²) < 4.78 is 0. The van der Waals surface area contributed by atoms with Crippen LogP contribution in [0.1, 0.15) is 34.5 Å². The summed E-state index contributed by atoms with van der Waals surface area (Å²) >= 11 is 0. The summed E-state index contributed by atoms with van der Waals surface area (Å²) in [5, 5.41) is 4.73. The van der Waals surface area contributed by atoms with Crippen LogP contribution in [-0.4, -0.2) is 41.5 Å². The number of carbonyl (C=O) groups is 1. The molecule has 4 nitrogen and oxygen atoms in total. The highest BCUT2D eigenvalue weighted by Gasteiger charge is 2.37. The molecule has 5 heteroatoms. The van der Waals surface area contributed by atoms with E-state index in [1.54, 1.807) is 0 Å². The number of likely N-dealkylation sites (tertiary alicyclic amines) is 1. The van der Waals surface area contributed by atoms with E-state index in [-0.39, 0.29) is 18.3 Å². The Morgan fingerprint density at radius 1 is 1.26 bits per heavy atom. The number of rotatable bonds is 1. The summed E-state index contributed by atoms with van der Waals surface area (Å²) in [6.07, 6.45) is 2.47. The zero-order valence-corrected chi connectivity index (χ0v) is 14.5. The Balaban J connectivity index is 0.00000156. The van der Waals surface area contributed by atoms with Crippen molar-refractivity contribution in [1.82, 2.24) is 15.2 Å². The second kappa shape index (κ2) is 6.17. The van der Waals surface area contributed by atoms with Crippen LogP contribution in [0.25, 0.3) is 10.9 Å². The summed E-state index contributed by atoms with van der Waals surface area (Å²) in [6, 6.07) is 6.53. The van der Waals surface area contributed by atoms with Crippen LogP contribution < -0.4 is 5.32 Å². The maximum absolute atomic E-state index is 13.0. The van der Waals surface area contributed by atoms with Crippen molar-refractivity contribution in [2.45, 2.75) is 32.7 Å². The van der Waals surface area contributed by atoms with E-state index in [0.29, 0.717) is 12.0 Å². The fourth-order valence-corrected chi connectivity index (χ4v) is 4.04. The molecule has 2 fully saturated rings. The van der Waals surface area contributed by atoms with Gasteiger partial charge in [0.05, 0.1) is 11.1 Å². The maximum Gasteiger partial charge on any atom is 0.256 e. The van der Waals surface area contributed by atoms with E-state index < -0.39 is 0 Å². The number of H-pyrrole nitrogens is 1. The number of nitrogens with one attached hydrogen (secondary N) is 2. The van der Waals surface area contributed by atoms with Crippen molar-refractivity contribution >= 4 is 29.2 Å². The molecule has 2 N–H and O–H groups in total. The lowest BCUT2D eigenvalue weighted by molar-refractivity contribution is 0.0787. The van der Waals surface area contributed by atoms with E-state index in [2.05, 4.69) is 30.2 Å². The average molecular weight is 334 g/mol. The molecule has 4 rings (SSSR count). The Bertz CT molecular complexity index is 725. The van der Waals surface area contributed by atoms with Crippen LogP contribution >= 0.6 is 12.4 Å². The number of hydrogen-bond donors (Lipinski definition) is 2. The molecule has 0 radical (unpaired) electrons. The van der Waals surface area contributed by atoms with Crippen LogP contribution in [0, 0.1) is 19.8 Å². The number of halogens is 1. The molecule has 0 saturated carbocycles. The lowest BCUT2D eigenvalue weighted by atomic mass is 9.94. The first-order chi connectivity index (χ1) is 10.6. The molecule has 0 bridgehead atoms. The molecule has 0 unspecified atom stereocenters. The van der Waals surface area contributed by atoms with Gasteiger partial charge in [0.25, 0.3) is 5.91 Å². The number of aromatic nitrogens is 1. The standard InChI is InChI=1S/C18H23N3O.ClH/c1-11-12(2)20-17-14(11)6-3-7-15(17)18(22)21-9-13-5-4-8-19-16(13)10-21;/h3,6-7,13,16,19-20H,4-5,8-10H2,1-2H3;1H/t13-,16+;/m0./s1. The molecule has 0 spiro atoms. The van der Waals surface area contributed by atoms with Gasteiger partial charge in [-0.2, -0.15) is 0 Å². The number of aromatic amines is 1. The van der Waals surface area contributed by atoms with Crippen LogP contribution in [0.5, 0.6) is 0 Å². The molecule has 0 aliphatic carbocycles. The average Bonchev–Trinajstić information content (AvgIpc) is 3.09. The van der Waals surface area contributed by atoms with Crippen molar-refractivity contribution < 1.29 is 4.79 Å². The first-order valence-corrected chi connectivity index (χ1v) is 8.25. The summed E-state index contributed by atoms with van der Waals surface area (Å²) in [6.45, 7) is 7.01. The molecule has 1 amide bonds. The molecule has 23 heavy (non-hydrogen) atoms. The molecule has 2 aromatic rings. The van der Waals surface area contributed by atoms with E-state index in [1.165, 1.54) is 18.4 Å². The number of nitrogens with zero attached hydrogens (tertiary/aromatic N) is 1. The zero-order chi connectivity index (χ0) is 15.3. The molecule has 2 atom stereocenters. The number of para-hydroxylation sites is 1. The van der Waals surface area contributed by atoms with Gasteiger partial charge in [0.1, 0.15) is 0 Å². The predicted molar refractivity (Wildman–Crippen MR) is 95.4 cm³/mol. The first kappa shape index (κ1) is 16.3. The third-order valence-corrected chi connectivity index (χ3v) is 5.46. The number of carbonyl (C=O) groups excluding carboxylic acids is 1. The molecule has 2 aliphatic rings. The minimum absolute atomic E-state index is 0. The third-order valence-electron chi connectivity index (χ3n) is 5.46. The predicted octanol–water partition coefficient (Wildman–Crippen LogP) is 3.03. The minimum Gasteiger partial charge on any atom is -0.358 e. The van der Waals surface area contributed by atoms with Gasteiger partial charge < -0.3 is 15.2 Å². The second-order valence-electron chi connectivity index (χ2n) is 6.78. The normalized spacial score (nSPS) is 23.7. The van der Waals surface area contributed by atoms with Crippen LogP contribution in [-0.2, 0) is 0 Å². The molecule has 2 saturated heterocycles. The van der Waals surface area contributed by atoms with E-state index in [9.17, 15) is 4.79 Å². The van der Waals surface area contributed by atoms with Gasteiger partial charge >= 0.3 is 0 Å². The van der Waals surface area contributed by atoms with Gasteiger partial charge in [0, 0.05) is 30.2 Å². The highest BCUT2D eigenvalue weighted by atomic mass is 35.5. The number of benzene rings is 1. The van der Waals surface area contributed by atoms with E-state index in [0.717, 1.165) is 41.8 Å². The van der Waals surface area contributed by atoms with Gasteiger partial charge in [-0.1, -0.05) is 12.1 Å². The summed E-state index contributed by atoms with van der Waals surface area (Å²) in [5.41, 5.74) is 4.19. The highest BCUT2D eigenvalue weighted by Crippen LogP contribution is 2.29. The Labute approximate surface area is 143 Å². The van der Waals surface area contributed by atoms with Gasteiger partial charge in [-0.05, 0) is 50.8 Å². The largest absolute Gasteiger partial charge is 0.358 e. The fraction of sp³-hybridized carbons (Fsp3) is 0.500. The highest BCUT2D eigenvalue weighted by molar-refractivity contribution is 6.06. The Morgan fingerprint density at radius 3 is 2.87 bits per heavy atom. The molecular weight excluding hydrogens is 310 g/mol. The second-order valence-corrected chi connectivity index (χ2v) is 6.78. The number of fused-ring (bicyclic) bond motifs is 2. The monoisotopic (exact) mass is 333 g/mol. The molecule has 1 aromatic heterocycles. The van der Waals surface area contributed by atoms with Crippen molar-refractivity contribution in [2.24, 2.45) is 5.92 Å². The number of aryl methyl sites for hydroxylation is 2. The van der Waals surface area contributed by atoms with Crippen molar-refractivity contribution in [3.8, 4) is 0 Å². The minimum atomic E-state index is 0. The Morgan fingerprint density at radius 2 is 2.09 bits per heavy atom. The van der Waals surface area contributed by atoms with Crippen LogP contribution in [0.3, 0.4) is 0 Å². The lowest BCUT2D eigenvalue weighted by Gasteiger charge is -2.24. The number of piperidine rings is 1. The van der Waals surface area contributed by atoms with Gasteiger partial charge in [0.15, 0.2) is 0 Å². The fourth-order valence-electron chi connectivity index (χ4n) is 4.04. The summed E-state index contributed by atoms with van der Waals surface area (Å²) in [5.74, 6) is 0.798. The van der Waals surface area contributed by atoms with Gasteiger partial charge in [0.2, 0.25) is 0 Å². The van der Waals surface area contributed by atoms with E-state index in [4.69, 9.17) is 0 Å². The van der Waals surface area contributed by atoms with Gasteiger partial charge in [-0.3, -0.25) is 4.79 Å². The smallest absolute Gasteiger partial charge is 0.256 e. The summed E-state index contributed by atoms with van der Waals surface area (Å²) in [4.78, 5) is 18.4. The van der Waals surface area contributed by atoms with Crippen molar-refractivity contribution in [3.63, 3.8) is 0 Å². The summed E-state index contributed by atoms with van der Waals surface area (Å²) in [7, 11) is 0. The Kier molecular flexibility index (Phi) is 4.39. The van der Waals surface area contributed by atoms with Gasteiger partial charge in [-0.15, -0.1) is 12.4 Å². The van der Waals surface area contributed by atoms with Crippen molar-refractivity contribution in [3.05, 3.63) is 35.0 Å². The molecule has 124 valence electrons. The number of amides is 1. The lowest BCUT2D eigenvalue weighted by Crippen LogP contribution is -2.41. The molecular formula is C18H24ClN3O. The van der Waals surface area contributed by atoms with Crippen LogP contribution in [0.4, 0.5) is 0 Å². The van der Waals surface area contributed by atoms with Crippen LogP contribution in [0.15, 0.2) is 18.2 Å². The first-order valence-electron chi connectivity index (χ1n) is 8.25. The topological polar surface area (TPSA) is 48.1 Å². The van der Waals surface area contributed by atoms with E-state index in [1.807, 2.05) is 17.0 Å². The molecule has 1 aromatic carbocycles. The quantitative estimate of drug-likeness (QED) is 0.842.